The van der Waals surface area contributed by atoms with Crippen LogP contribution in [0.3, 0.4) is 0 Å². The molecule has 0 unspecified atom stereocenters. The summed E-state index contributed by atoms with van der Waals surface area (Å²) in [6, 6.07) is 44.0. The van der Waals surface area contributed by atoms with E-state index in [1.165, 1.54) is 55.7 Å². The van der Waals surface area contributed by atoms with Crippen molar-refractivity contribution in [2.75, 3.05) is 16.5 Å². The Kier molecular flexibility index (Phi) is 9.34. The summed E-state index contributed by atoms with van der Waals surface area (Å²) in [5.41, 5.74) is 13.5. The zero-order chi connectivity index (χ0) is 40.4. The Labute approximate surface area is 339 Å². The first-order valence-corrected chi connectivity index (χ1v) is 20.2. The number of pyridine rings is 1. The van der Waals surface area contributed by atoms with Crippen molar-refractivity contribution in [1.29, 1.82) is 0 Å². The molecule has 1 aliphatic heterocycles. The number of hydrogen-bond acceptors (Lipinski definition) is 4. The highest BCUT2D eigenvalue weighted by Crippen LogP contribution is 2.40. The summed E-state index contributed by atoms with van der Waals surface area (Å²) in [6.07, 6.45) is 1.92. The maximum absolute atomic E-state index is 6.68. The Hall–Kier alpha value is -5.81. The SMILES string of the molecule is CC1=C(C)N(c2cc(-c3ccc(C(C)(C)C)cc3)cc(C(C)(C)C)c2)CN1c1cccc(Oc2ccc3c4ccccc4n(-c4cc(C(C)(C)C)ccn4)c3c2)c1. The van der Waals surface area contributed by atoms with E-state index in [2.05, 4.69) is 206 Å². The van der Waals surface area contributed by atoms with E-state index >= 15 is 0 Å². The van der Waals surface area contributed by atoms with Gasteiger partial charge in [0, 0.05) is 51.9 Å². The monoisotopic (exact) mass is 752 g/mol. The molecule has 5 heteroatoms. The van der Waals surface area contributed by atoms with Gasteiger partial charge in [0.15, 0.2) is 0 Å². The van der Waals surface area contributed by atoms with E-state index in [-0.39, 0.29) is 16.2 Å². The van der Waals surface area contributed by atoms with E-state index in [4.69, 9.17) is 9.72 Å². The number of anilines is 2. The van der Waals surface area contributed by atoms with Gasteiger partial charge in [0.2, 0.25) is 0 Å². The van der Waals surface area contributed by atoms with Crippen molar-refractivity contribution < 1.29 is 4.74 Å². The molecule has 0 bridgehead atoms. The molecule has 5 nitrogen and oxygen atoms in total. The zero-order valence-electron chi connectivity index (χ0n) is 35.5. The topological polar surface area (TPSA) is 33.5 Å². The average molecular weight is 753 g/mol. The quantitative estimate of drug-likeness (QED) is 0.169. The molecule has 0 fully saturated rings. The molecule has 1 aliphatic rings. The molecule has 0 spiro atoms. The largest absolute Gasteiger partial charge is 0.457 e. The summed E-state index contributed by atoms with van der Waals surface area (Å²) >= 11 is 0. The summed E-state index contributed by atoms with van der Waals surface area (Å²) in [7, 11) is 0. The summed E-state index contributed by atoms with van der Waals surface area (Å²) in [6.45, 7) is 25.6. The minimum Gasteiger partial charge on any atom is -0.457 e. The van der Waals surface area contributed by atoms with E-state index in [0.717, 1.165) is 34.0 Å². The molecular formula is C52H56N4O. The molecule has 5 aromatic carbocycles. The number of ether oxygens (including phenoxy) is 1. The molecule has 0 amide bonds. The van der Waals surface area contributed by atoms with Gasteiger partial charge in [-0.15, -0.1) is 0 Å². The number of allylic oxidation sites excluding steroid dienone is 2. The number of benzene rings is 5. The highest BCUT2D eigenvalue weighted by atomic mass is 16.5. The third kappa shape index (κ3) is 7.32. The van der Waals surface area contributed by atoms with Gasteiger partial charge in [-0.2, -0.15) is 0 Å². The van der Waals surface area contributed by atoms with E-state index in [0.29, 0.717) is 6.67 Å². The highest BCUT2D eigenvalue weighted by molar-refractivity contribution is 6.09. The fourth-order valence-electron chi connectivity index (χ4n) is 7.94. The molecule has 0 N–H and O–H groups in total. The van der Waals surface area contributed by atoms with Crippen molar-refractivity contribution in [2.45, 2.75) is 92.4 Å². The van der Waals surface area contributed by atoms with Crippen LogP contribution in [0.1, 0.15) is 92.9 Å². The Morgan fingerprint density at radius 2 is 1.14 bits per heavy atom. The number of para-hydroxylation sites is 1. The van der Waals surface area contributed by atoms with Crippen molar-refractivity contribution in [3.8, 4) is 28.4 Å². The summed E-state index contributed by atoms with van der Waals surface area (Å²) in [5, 5.41) is 2.36. The van der Waals surface area contributed by atoms with Gasteiger partial charge in [-0.1, -0.05) is 117 Å². The second-order valence-corrected chi connectivity index (χ2v) is 18.8. The molecule has 57 heavy (non-hydrogen) atoms. The van der Waals surface area contributed by atoms with Gasteiger partial charge in [-0.25, -0.2) is 4.98 Å². The fourth-order valence-corrected chi connectivity index (χ4v) is 7.94. The second kappa shape index (κ2) is 14.0. The molecule has 2 aromatic heterocycles. The molecule has 3 heterocycles. The van der Waals surface area contributed by atoms with Gasteiger partial charge in [0.05, 0.1) is 17.7 Å². The van der Waals surface area contributed by atoms with E-state index in [1.807, 2.05) is 12.3 Å². The number of hydrogen-bond donors (Lipinski definition) is 0. The molecule has 0 aliphatic carbocycles. The van der Waals surface area contributed by atoms with Crippen LogP contribution in [0.15, 0.2) is 139 Å². The molecule has 7 aromatic rings. The molecule has 0 saturated heterocycles. The lowest BCUT2D eigenvalue weighted by Crippen LogP contribution is -2.27. The fraction of sp³-hybridized carbons (Fsp3) is 0.288. The van der Waals surface area contributed by atoms with Crippen molar-refractivity contribution in [3.63, 3.8) is 0 Å². The smallest absolute Gasteiger partial charge is 0.137 e. The van der Waals surface area contributed by atoms with Gasteiger partial charge in [0.25, 0.3) is 0 Å². The first kappa shape index (κ1) is 38.1. The van der Waals surface area contributed by atoms with Crippen LogP contribution in [-0.4, -0.2) is 16.2 Å². The normalized spacial score (nSPS) is 14.0. The maximum Gasteiger partial charge on any atom is 0.137 e. The third-order valence-corrected chi connectivity index (χ3v) is 11.6. The Bertz CT molecular complexity index is 2660. The van der Waals surface area contributed by atoms with E-state index in [1.54, 1.807) is 0 Å². The van der Waals surface area contributed by atoms with Crippen molar-refractivity contribution in [3.05, 3.63) is 156 Å². The first-order chi connectivity index (χ1) is 27.0. The van der Waals surface area contributed by atoms with Gasteiger partial charge in [0.1, 0.15) is 17.3 Å². The van der Waals surface area contributed by atoms with Crippen LogP contribution in [0.4, 0.5) is 11.4 Å². The van der Waals surface area contributed by atoms with Crippen LogP contribution in [0, 0.1) is 0 Å². The summed E-state index contributed by atoms with van der Waals surface area (Å²) in [4.78, 5) is 9.69. The van der Waals surface area contributed by atoms with Crippen molar-refractivity contribution in [1.82, 2.24) is 9.55 Å². The van der Waals surface area contributed by atoms with E-state index in [9.17, 15) is 0 Å². The molecular weight excluding hydrogens is 697 g/mol. The molecule has 290 valence electrons. The Balaban J connectivity index is 1.11. The lowest BCUT2D eigenvalue weighted by Gasteiger charge is -2.27. The third-order valence-electron chi connectivity index (χ3n) is 11.6. The summed E-state index contributed by atoms with van der Waals surface area (Å²) in [5.74, 6) is 2.48. The van der Waals surface area contributed by atoms with Crippen LogP contribution in [0.5, 0.6) is 11.5 Å². The predicted molar refractivity (Wildman–Crippen MR) is 241 cm³/mol. The number of aromatic nitrogens is 2. The lowest BCUT2D eigenvalue weighted by molar-refractivity contribution is 0.483. The highest BCUT2D eigenvalue weighted by Gasteiger charge is 2.28. The van der Waals surface area contributed by atoms with Crippen molar-refractivity contribution in [2.24, 2.45) is 0 Å². The molecule has 0 saturated carbocycles. The molecule has 0 atom stereocenters. The molecule has 8 rings (SSSR count). The number of fused-ring (bicyclic) bond motifs is 3. The van der Waals surface area contributed by atoms with Crippen LogP contribution in [0.25, 0.3) is 38.8 Å². The Morgan fingerprint density at radius 1 is 0.491 bits per heavy atom. The standard InChI is InChI=1S/C52H56N4O/c1-34-35(2)55(42-28-37(27-40(29-42)52(9,10)11)36-19-21-38(22-20-36)50(3,4)5)33-54(34)41-15-14-16-43(31-41)57-44-23-24-46-45-17-12-13-18-47(45)56(48(46)32-44)49-30-39(25-26-53-49)51(6,7)8/h12-32H,33H2,1-11H3. The lowest BCUT2D eigenvalue weighted by atomic mass is 9.83. The van der Waals surface area contributed by atoms with E-state index < -0.39 is 0 Å². The zero-order valence-corrected chi connectivity index (χ0v) is 35.5. The van der Waals surface area contributed by atoms with Gasteiger partial charge in [-0.3, -0.25) is 4.57 Å². The van der Waals surface area contributed by atoms with Crippen LogP contribution >= 0.6 is 0 Å². The minimum absolute atomic E-state index is 0.00178. The minimum atomic E-state index is -0.00178. The average Bonchev–Trinajstić information content (AvgIpc) is 3.66. The van der Waals surface area contributed by atoms with Crippen LogP contribution < -0.4 is 14.5 Å². The summed E-state index contributed by atoms with van der Waals surface area (Å²) < 4.78 is 8.95. The first-order valence-electron chi connectivity index (χ1n) is 20.2. The van der Waals surface area contributed by atoms with Crippen LogP contribution in [0.2, 0.25) is 0 Å². The number of rotatable bonds is 6. The van der Waals surface area contributed by atoms with Crippen LogP contribution in [-0.2, 0) is 16.2 Å². The predicted octanol–water partition coefficient (Wildman–Crippen LogP) is 14.1. The molecule has 0 radical (unpaired) electrons. The van der Waals surface area contributed by atoms with Gasteiger partial charge < -0.3 is 14.5 Å². The Morgan fingerprint density at radius 3 is 1.84 bits per heavy atom. The van der Waals surface area contributed by atoms with Crippen molar-refractivity contribution >= 4 is 33.2 Å². The van der Waals surface area contributed by atoms with Gasteiger partial charge >= 0.3 is 0 Å². The van der Waals surface area contributed by atoms with Gasteiger partial charge in [-0.05, 0) is 113 Å². The number of nitrogens with zero attached hydrogens (tertiary/aromatic N) is 4. The second-order valence-electron chi connectivity index (χ2n) is 18.8. The maximum atomic E-state index is 6.68.